The molecule has 0 radical (unpaired) electrons. The Balaban J connectivity index is 1.13. The summed E-state index contributed by atoms with van der Waals surface area (Å²) in [5.41, 5.74) is 7.67. The highest BCUT2D eigenvalue weighted by molar-refractivity contribution is 5.76. The summed E-state index contributed by atoms with van der Waals surface area (Å²) in [6, 6.07) is 26.0. The van der Waals surface area contributed by atoms with E-state index >= 15 is 0 Å². The molecule has 0 fully saturated rings. The number of fused-ring (bicyclic) bond motifs is 1. The van der Waals surface area contributed by atoms with Crippen molar-refractivity contribution in [2.45, 2.75) is 64.5 Å². The lowest BCUT2D eigenvalue weighted by molar-refractivity contribution is 0.421. The predicted molar refractivity (Wildman–Crippen MR) is 137 cm³/mol. The van der Waals surface area contributed by atoms with E-state index in [1.165, 1.54) is 59.9 Å². The van der Waals surface area contributed by atoms with Crippen LogP contribution in [0.2, 0.25) is 0 Å². The van der Waals surface area contributed by atoms with E-state index in [1.807, 2.05) is 0 Å². The van der Waals surface area contributed by atoms with Gasteiger partial charge in [0.05, 0.1) is 6.04 Å². The normalized spacial score (nSPS) is 14.2. The highest BCUT2D eigenvalue weighted by Crippen LogP contribution is 2.47. The Labute approximate surface area is 202 Å². The van der Waals surface area contributed by atoms with Crippen LogP contribution in [0, 0.1) is 0 Å². The summed E-state index contributed by atoms with van der Waals surface area (Å²) in [4.78, 5) is 4.60. The van der Waals surface area contributed by atoms with E-state index in [2.05, 4.69) is 95.2 Å². The Morgan fingerprint density at radius 2 is 1.59 bits per heavy atom. The van der Waals surface area contributed by atoms with Crippen molar-refractivity contribution in [3.8, 4) is 22.6 Å². The molecule has 4 heteroatoms. The van der Waals surface area contributed by atoms with Crippen LogP contribution in [0.1, 0.15) is 74.0 Å². The molecular formula is C30H33N3O. The first-order chi connectivity index (χ1) is 16.8. The molecule has 4 nitrogen and oxygen atoms in total. The summed E-state index contributed by atoms with van der Waals surface area (Å²) in [5, 5.41) is 7.88. The molecule has 0 bridgehead atoms. The van der Waals surface area contributed by atoms with Crippen molar-refractivity contribution in [1.29, 1.82) is 0 Å². The lowest BCUT2D eigenvalue weighted by Crippen LogP contribution is -2.10. The zero-order chi connectivity index (χ0) is 23.2. The first kappa shape index (κ1) is 22.5. The van der Waals surface area contributed by atoms with Crippen LogP contribution in [0.5, 0.6) is 0 Å². The topological polar surface area (TPSA) is 51.0 Å². The van der Waals surface area contributed by atoms with Crippen molar-refractivity contribution in [3.05, 3.63) is 95.3 Å². The molecule has 1 aliphatic rings. The van der Waals surface area contributed by atoms with E-state index in [4.69, 9.17) is 4.52 Å². The standard InChI is InChI=1S/C30H33N3O/c1-2-3-4-5-6-10-16-27-32-30(34-33-27)24-19-17-22(18-20-24)21-31-29-26-15-11-14-25(28(26)29)23-12-8-7-9-13-23/h7-9,11-15,17-20,29,31H,2-6,10,16,21H2,1H3. The number of benzene rings is 3. The minimum Gasteiger partial charge on any atom is -0.334 e. The van der Waals surface area contributed by atoms with Crippen LogP contribution < -0.4 is 5.32 Å². The van der Waals surface area contributed by atoms with Gasteiger partial charge in [-0.25, -0.2) is 0 Å². The van der Waals surface area contributed by atoms with Gasteiger partial charge in [0, 0.05) is 18.5 Å². The summed E-state index contributed by atoms with van der Waals surface area (Å²) >= 11 is 0. The fraction of sp³-hybridized carbons (Fsp3) is 0.333. The van der Waals surface area contributed by atoms with Gasteiger partial charge in [-0.15, -0.1) is 0 Å². The van der Waals surface area contributed by atoms with Crippen molar-refractivity contribution in [1.82, 2.24) is 15.5 Å². The largest absolute Gasteiger partial charge is 0.334 e. The zero-order valence-corrected chi connectivity index (χ0v) is 20.0. The first-order valence-electron chi connectivity index (χ1n) is 12.7. The van der Waals surface area contributed by atoms with Crippen molar-refractivity contribution in [2.24, 2.45) is 0 Å². The zero-order valence-electron chi connectivity index (χ0n) is 20.0. The molecule has 1 aliphatic carbocycles. The third-order valence-corrected chi connectivity index (χ3v) is 6.67. The minimum absolute atomic E-state index is 0.338. The number of nitrogens with zero attached hydrogens (tertiary/aromatic N) is 2. The molecule has 34 heavy (non-hydrogen) atoms. The van der Waals surface area contributed by atoms with Crippen molar-refractivity contribution in [2.75, 3.05) is 0 Å². The quantitative estimate of drug-likeness (QED) is 0.227. The van der Waals surface area contributed by atoms with Crippen molar-refractivity contribution >= 4 is 0 Å². The van der Waals surface area contributed by atoms with Crippen LogP contribution in [0.15, 0.2) is 77.3 Å². The second-order valence-corrected chi connectivity index (χ2v) is 9.22. The molecule has 0 amide bonds. The molecule has 5 rings (SSSR count). The van der Waals surface area contributed by atoms with Gasteiger partial charge in [0.15, 0.2) is 5.82 Å². The molecule has 1 heterocycles. The minimum atomic E-state index is 0.338. The third-order valence-electron chi connectivity index (χ3n) is 6.67. The highest BCUT2D eigenvalue weighted by atomic mass is 16.5. The molecular weight excluding hydrogens is 418 g/mol. The third kappa shape index (κ3) is 5.28. The fourth-order valence-corrected chi connectivity index (χ4v) is 4.68. The van der Waals surface area contributed by atoms with Gasteiger partial charge < -0.3 is 9.84 Å². The molecule has 0 saturated heterocycles. The Hall–Kier alpha value is -3.24. The van der Waals surface area contributed by atoms with Gasteiger partial charge >= 0.3 is 0 Å². The average Bonchev–Trinajstić information content (AvgIpc) is 3.40. The molecule has 4 aromatic rings. The number of aromatic nitrogens is 2. The number of aryl methyl sites for hydroxylation is 1. The monoisotopic (exact) mass is 451 g/mol. The van der Waals surface area contributed by atoms with Gasteiger partial charge in [0.2, 0.25) is 0 Å². The van der Waals surface area contributed by atoms with Crippen LogP contribution in [-0.4, -0.2) is 10.1 Å². The van der Waals surface area contributed by atoms with Crippen LogP contribution in [0.25, 0.3) is 22.6 Å². The summed E-state index contributed by atoms with van der Waals surface area (Å²) in [6.45, 7) is 3.07. The lowest BCUT2D eigenvalue weighted by atomic mass is 10.1. The Morgan fingerprint density at radius 1 is 0.794 bits per heavy atom. The molecule has 1 unspecified atom stereocenters. The Morgan fingerprint density at radius 3 is 2.41 bits per heavy atom. The van der Waals surface area contributed by atoms with Gasteiger partial charge in [0.1, 0.15) is 0 Å². The lowest BCUT2D eigenvalue weighted by Gasteiger charge is -2.05. The maximum absolute atomic E-state index is 5.52. The molecule has 3 aromatic carbocycles. The van der Waals surface area contributed by atoms with E-state index in [0.717, 1.165) is 30.8 Å². The average molecular weight is 452 g/mol. The number of hydrogen-bond donors (Lipinski definition) is 1. The van der Waals surface area contributed by atoms with E-state index in [1.54, 1.807) is 0 Å². The Kier molecular flexibility index (Phi) is 7.16. The summed E-state index contributed by atoms with van der Waals surface area (Å²) in [7, 11) is 0. The predicted octanol–water partition coefficient (Wildman–Crippen LogP) is 7.50. The van der Waals surface area contributed by atoms with Gasteiger partial charge in [-0.1, -0.05) is 105 Å². The van der Waals surface area contributed by atoms with Crippen LogP contribution in [0.3, 0.4) is 0 Å². The Bertz CT molecular complexity index is 1200. The van der Waals surface area contributed by atoms with E-state index < -0.39 is 0 Å². The van der Waals surface area contributed by atoms with Gasteiger partial charge in [-0.2, -0.15) is 4.98 Å². The van der Waals surface area contributed by atoms with Crippen molar-refractivity contribution < 1.29 is 4.52 Å². The summed E-state index contributed by atoms with van der Waals surface area (Å²) < 4.78 is 5.52. The molecule has 1 aromatic heterocycles. The van der Waals surface area contributed by atoms with E-state index in [-0.39, 0.29) is 0 Å². The molecule has 1 atom stereocenters. The van der Waals surface area contributed by atoms with Gasteiger partial charge in [-0.3, -0.25) is 0 Å². The highest BCUT2D eigenvalue weighted by Gasteiger charge is 2.34. The molecule has 0 aliphatic heterocycles. The summed E-state index contributed by atoms with van der Waals surface area (Å²) in [6.07, 6.45) is 8.51. The van der Waals surface area contributed by atoms with Gasteiger partial charge in [0.25, 0.3) is 5.89 Å². The molecule has 174 valence electrons. The molecule has 0 saturated carbocycles. The number of rotatable bonds is 12. The second kappa shape index (κ2) is 10.8. The number of nitrogens with one attached hydrogen (secondary N) is 1. The number of unbranched alkanes of at least 4 members (excludes halogenated alkanes) is 5. The van der Waals surface area contributed by atoms with Crippen molar-refractivity contribution in [3.63, 3.8) is 0 Å². The van der Waals surface area contributed by atoms with Crippen LogP contribution in [0.4, 0.5) is 0 Å². The molecule has 0 spiro atoms. The van der Waals surface area contributed by atoms with Crippen LogP contribution >= 0.6 is 0 Å². The van der Waals surface area contributed by atoms with E-state index in [9.17, 15) is 0 Å². The number of hydrogen-bond acceptors (Lipinski definition) is 4. The van der Waals surface area contributed by atoms with Crippen LogP contribution in [-0.2, 0) is 13.0 Å². The smallest absolute Gasteiger partial charge is 0.257 e. The SMILES string of the molecule is CCCCCCCCc1noc(-c2ccc(CNC3c4cccc(-c5ccccc5)c43)cc2)n1. The fourth-order valence-electron chi connectivity index (χ4n) is 4.68. The first-order valence-corrected chi connectivity index (χ1v) is 12.7. The van der Waals surface area contributed by atoms with Gasteiger partial charge in [-0.05, 0) is 46.4 Å². The summed E-state index contributed by atoms with van der Waals surface area (Å²) in [5.74, 6) is 1.43. The maximum Gasteiger partial charge on any atom is 0.257 e. The maximum atomic E-state index is 5.52. The molecule has 1 N–H and O–H groups in total. The van der Waals surface area contributed by atoms with E-state index in [0.29, 0.717) is 11.9 Å². The second-order valence-electron chi connectivity index (χ2n) is 9.22.